The highest BCUT2D eigenvalue weighted by molar-refractivity contribution is 7.71. The van der Waals surface area contributed by atoms with Crippen LogP contribution in [0.5, 0.6) is 0 Å². The van der Waals surface area contributed by atoms with Gasteiger partial charge in [-0.3, -0.25) is 5.10 Å². The Morgan fingerprint density at radius 2 is 2.14 bits per heavy atom. The van der Waals surface area contributed by atoms with Crippen molar-refractivity contribution in [1.82, 2.24) is 14.8 Å². The van der Waals surface area contributed by atoms with Crippen LogP contribution in [0.2, 0.25) is 0 Å². The highest BCUT2D eigenvalue weighted by Gasteiger charge is 2.29. The average molecular weight is 211 g/mol. The fourth-order valence-corrected chi connectivity index (χ4v) is 1.81. The summed E-state index contributed by atoms with van der Waals surface area (Å²) in [6.45, 7) is 7.61. The Morgan fingerprint density at radius 3 is 2.64 bits per heavy atom. The first kappa shape index (κ1) is 9.90. The van der Waals surface area contributed by atoms with Gasteiger partial charge < -0.3 is 4.57 Å². The number of H-pyrrole nitrogens is 1. The van der Waals surface area contributed by atoms with Gasteiger partial charge in [0.15, 0.2) is 4.77 Å². The standard InChI is InChI=1S/C10H17N3S/c1-10(2,3)6-13-8(7-4-5-7)11-12-9(13)14/h7H,4-6H2,1-3H3,(H,12,14). The molecule has 0 amide bonds. The second kappa shape index (κ2) is 3.19. The molecule has 1 saturated carbocycles. The summed E-state index contributed by atoms with van der Waals surface area (Å²) >= 11 is 5.23. The third kappa shape index (κ3) is 2.05. The summed E-state index contributed by atoms with van der Waals surface area (Å²) in [4.78, 5) is 0. The number of nitrogens with zero attached hydrogens (tertiary/aromatic N) is 2. The monoisotopic (exact) mass is 211 g/mol. The predicted molar refractivity (Wildman–Crippen MR) is 58.8 cm³/mol. The third-order valence-electron chi connectivity index (χ3n) is 2.36. The lowest BCUT2D eigenvalue weighted by molar-refractivity contribution is 0.335. The van der Waals surface area contributed by atoms with Crippen molar-refractivity contribution in [2.75, 3.05) is 0 Å². The van der Waals surface area contributed by atoms with Crippen molar-refractivity contribution in [3.63, 3.8) is 0 Å². The number of rotatable bonds is 2. The summed E-state index contributed by atoms with van der Waals surface area (Å²) in [7, 11) is 0. The van der Waals surface area contributed by atoms with Crippen LogP contribution >= 0.6 is 12.2 Å². The zero-order valence-corrected chi connectivity index (χ0v) is 9.82. The van der Waals surface area contributed by atoms with Gasteiger partial charge in [0.25, 0.3) is 0 Å². The van der Waals surface area contributed by atoms with Crippen LogP contribution in [0.15, 0.2) is 0 Å². The van der Waals surface area contributed by atoms with Gasteiger partial charge in [-0.25, -0.2) is 0 Å². The highest BCUT2D eigenvalue weighted by Crippen LogP contribution is 2.39. The number of aromatic amines is 1. The molecule has 0 unspecified atom stereocenters. The molecule has 4 heteroatoms. The quantitative estimate of drug-likeness (QED) is 0.763. The van der Waals surface area contributed by atoms with E-state index in [0.29, 0.717) is 5.92 Å². The van der Waals surface area contributed by atoms with Gasteiger partial charge in [-0.05, 0) is 30.5 Å². The van der Waals surface area contributed by atoms with Crippen LogP contribution in [0, 0.1) is 10.2 Å². The second-order valence-electron chi connectivity index (χ2n) is 5.31. The maximum atomic E-state index is 5.23. The van der Waals surface area contributed by atoms with E-state index in [0.717, 1.165) is 17.1 Å². The molecule has 1 fully saturated rings. The van der Waals surface area contributed by atoms with Crippen LogP contribution in [0.4, 0.5) is 0 Å². The molecule has 2 rings (SSSR count). The lowest BCUT2D eigenvalue weighted by Gasteiger charge is -2.19. The van der Waals surface area contributed by atoms with Crippen molar-refractivity contribution >= 4 is 12.2 Å². The summed E-state index contributed by atoms with van der Waals surface area (Å²) in [5.74, 6) is 1.82. The SMILES string of the molecule is CC(C)(C)Cn1c(C2CC2)n[nH]c1=S. The molecule has 1 aliphatic rings. The molecule has 1 aromatic heterocycles. The van der Waals surface area contributed by atoms with Gasteiger partial charge >= 0.3 is 0 Å². The van der Waals surface area contributed by atoms with E-state index in [4.69, 9.17) is 12.2 Å². The van der Waals surface area contributed by atoms with Crippen LogP contribution in [0.1, 0.15) is 45.4 Å². The maximum absolute atomic E-state index is 5.23. The maximum Gasteiger partial charge on any atom is 0.195 e. The van der Waals surface area contributed by atoms with E-state index in [1.165, 1.54) is 12.8 Å². The first-order chi connectivity index (χ1) is 6.47. The van der Waals surface area contributed by atoms with Gasteiger partial charge in [0.1, 0.15) is 5.82 Å². The molecule has 0 atom stereocenters. The van der Waals surface area contributed by atoms with E-state index >= 15 is 0 Å². The van der Waals surface area contributed by atoms with Crippen LogP contribution in [0.3, 0.4) is 0 Å². The Kier molecular flexibility index (Phi) is 2.26. The molecule has 0 saturated heterocycles. The van der Waals surface area contributed by atoms with Gasteiger partial charge in [0.05, 0.1) is 0 Å². The van der Waals surface area contributed by atoms with Crippen LogP contribution < -0.4 is 0 Å². The Balaban J connectivity index is 2.30. The summed E-state index contributed by atoms with van der Waals surface area (Å²) in [6, 6.07) is 0. The molecule has 1 aliphatic carbocycles. The number of aromatic nitrogens is 3. The van der Waals surface area contributed by atoms with Crippen molar-refractivity contribution in [3.05, 3.63) is 10.6 Å². The minimum Gasteiger partial charge on any atom is -0.303 e. The molecule has 0 aliphatic heterocycles. The Labute approximate surface area is 89.5 Å². The number of hydrogen-bond donors (Lipinski definition) is 1. The van der Waals surface area contributed by atoms with E-state index < -0.39 is 0 Å². The fourth-order valence-electron chi connectivity index (χ4n) is 1.61. The van der Waals surface area contributed by atoms with E-state index in [1.54, 1.807) is 0 Å². The van der Waals surface area contributed by atoms with Crippen molar-refractivity contribution in [2.24, 2.45) is 5.41 Å². The van der Waals surface area contributed by atoms with Crippen LogP contribution in [-0.2, 0) is 6.54 Å². The molecule has 0 aromatic carbocycles. The van der Waals surface area contributed by atoms with Gasteiger partial charge in [0.2, 0.25) is 0 Å². The molecule has 78 valence electrons. The van der Waals surface area contributed by atoms with E-state index in [1.807, 2.05) is 0 Å². The highest BCUT2D eigenvalue weighted by atomic mass is 32.1. The molecule has 0 radical (unpaired) electrons. The molecule has 1 heterocycles. The van der Waals surface area contributed by atoms with Crippen LogP contribution in [0.25, 0.3) is 0 Å². The van der Waals surface area contributed by atoms with Crippen molar-refractivity contribution in [1.29, 1.82) is 0 Å². The topological polar surface area (TPSA) is 33.6 Å². The Bertz CT molecular complexity index is 379. The van der Waals surface area contributed by atoms with Gasteiger partial charge in [0, 0.05) is 12.5 Å². The molecule has 0 spiro atoms. The average Bonchev–Trinajstić information content (AvgIpc) is 2.80. The molecular formula is C10H17N3S. The van der Waals surface area contributed by atoms with Crippen LogP contribution in [-0.4, -0.2) is 14.8 Å². The molecule has 1 N–H and O–H groups in total. The van der Waals surface area contributed by atoms with Crippen molar-refractivity contribution < 1.29 is 0 Å². The van der Waals surface area contributed by atoms with E-state index in [9.17, 15) is 0 Å². The second-order valence-corrected chi connectivity index (χ2v) is 5.69. The Hall–Kier alpha value is -0.640. The minimum atomic E-state index is 0.256. The lowest BCUT2D eigenvalue weighted by Crippen LogP contribution is -2.17. The first-order valence-electron chi connectivity index (χ1n) is 5.12. The summed E-state index contributed by atoms with van der Waals surface area (Å²) < 4.78 is 2.93. The largest absolute Gasteiger partial charge is 0.303 e. The van der Waals surface area contributed by atoms with Crippen molar-refractivity contribution in [2.45, 2.75) is 46.1 Å². The smallest absolute Gasteiger partial charge is 0.195 e. The molecular weight excluding hydrogens is 194 g/mol. The summed E-state index contributed by atoms with van der Waals surface area (Å²) in [5, 5.41) is 7.20. The zero-order chi connectivity index (χ0) is 10.3. The van der Waals surface area contributed by atoms with Gasteiger partial charge in [-0.1, -0.05) is 20.8 Å². The molecule has 14 heavy (non-hydrogen) atoms. The molecule has 0 bridgehead atoms. The predicted octanol–water partition coefficient (Wildman–Crippen LogP) is 2.86. The van der Waals surface area contributed by atoms with Crippen molar-refractivity contribution in [3.8, 4) is 0 Å². The van der Waals surface area contributed by atoms with Gasteiger partial charge in [-0.2, -0.15) is 5.10 Å². The lowest BCUT2D eigenvalue weighted by atomic mass is 9.97. The van der Waals surface area contributed by atoms with Gasteiger partial charge in [-0.15, -0.1) is 0 Å². The third-order valence-corrected chi connectivity index (χ3v) is 2.67. The van der Waals surface area contributed by atoms with E-state index in [-0.39, 0.29) is 5.41 Å². The molecule has 3 nitrogen and oxygen atoms in total. The number of hydrogen-bond acceptors (Lipinski definition) is 2. The summed E-state index contributed by atoms with van der Waals surface area (Å²) in [6.07, 6.45) is 2.54. The Morgan fingerprint density at radius 1 is 1.50 bits per heavy atom. The summed E-state index contributed by atoms with van der Waals surface area (Å²) in [5.41, 5.74) is 0.256. The zero-order valence-electron chi connectivity index (χ0n) is 9.00. The van der Waals surface area contributed by atoms with E-state index in [2.05, 4.69) is 35.5 Å². The normalized spacial score (nSPS) is 17.4. The molecule has 1 aromatic rings. The minimum absolute atomic E-state index is 0.256. The number of nitrogens with one attached hydrogen (secondary N) is 1. The first-order valence-corrected chi connectivity index (χ1v) is 5.53. The fraction of sp³-hybridized carbons (Fsp3) is 0.800.